The van der Waals surface area contributed by atoms with Gasteiger partial charge in [-0.1, -0.05) is 86.1 Å². The van der Waals surface area contributed by atoms with Gasteiger partial charge in [0.2, 0.25) is 0 Å². The first-order valence-electron chi connectivity index (χ1n) is 10.3. The summed E-state index contributed by atoms with van der Waals surface area (Å²) in [5.74, 6) is 0. The molecule has 0 aliphatic heterocycles. The third-order valence-electron chi connectivity index (χ3n) is 4.21. The van der Waals surface area contributed by atoms with Crippen LogP contribution in [0, 0.1) is 0 Å². The van der Waals surface area contributed by atoms with E-state index in [0.29, 0.717) is 0 Å². The Labute approximate surface area is 165 Å². The summed E-state index contributed by atoms with van der Waals surface area (Å²) in [5, 5.41) is 0. The highest BCUT2D eigenvalue weighted by Crippen LogP contribution is 2.14. The molecular formula is C21H41IO2. The smallest absolute Gasteiger partial charge is 0.157 e. The maximum absolute atomic E-state index is 5.57. The van der Waals surface area contributed by atoms with Crippen molar-refractivity contribution in [1.82, 2.24) is 0 Å². The van der Waals surface area contributed by atoms with E-state index in [4.69, 9.17) is 9.47 Å². The van der Waals surface area contributed by atoms with E-state index in [1.54, 1.807) is 0 Å². The van der Waals surface area contributed by atoms with E-state index in [9.17, 15) is 0 Å². The Hall–Kier alpha value is 0.390. The first kappa shape index (κ1) is 24.4. The summed E-state index contributed by atoms with van der Waals surface area (Å²) in [7, 11) is 0. The minimum absolute atomic E-state index is 0.0245. The summed E-state index contributed by atoms with van der Waals surface area (Å²) < 4.78 is 12.4. The SMILES string of the molecule is CCOC(CCCCCCCCCCCC/C=C\CCI)OCC. The first-order chi connectivity index (χ1) is 11.8. The summed E-state index contributed by atoms with van der Waals surface area (Å²) in [4.78, 5) is 0. The Morgan fingerprint density at radius 2 is 1.12 bits per heavy atom. The molecule has 0 rings (SSSR count). The maximum Gasteiger partial charge on any atom is 0.157 e. The van der Waals surface area contributed by atoms with E-state index in [0.717, 1.165) is 19.6 Å². The zero-order valence-electron chi connectivity index (χ0n) is 16.2. The lowest BCUT2D eigenvalue weighted by atomic mass is 10.0. The third-order valence-corrected chi connectivity index (χ3v) is 4.83. The summed E-state index contributed by atoms with van der Waals surface area (Å²) in [5.41, 5.74) is 0. The molecule has 0 atom stereocenters. The van der Waals surface area contributed by atoms with Gasteiger partial charge in [-0.05, 0) is 46.0 Å². The fourth-order valence-electron chi connectivity index (χ4n) is 2.87. The number of halogens is 1. The van der Waals surface area contributed by atoms with Gasteiger partial charge in [0.05, 0.1) is 0 Å². The molecule has 0 heterocycles. The highest BCUT2D eigenvalue weighted by Gasteiger charge is 2.06. The molecule has 0 aliphatic carbocycles. The van der Waals surface area contributed by atoms with Crippen LogP contribution in [-0.2, 0) is 9.47 Å². The average Bonchev–Trinajstić information content (AvgIpc) is 2.58. The van der Waals surface area contributed by atoms with E-state index in [2.05, 4.69) is 34.7 Å². The fourth-order valence-corrected chi connectivity index (χ4v) is 3.23. The van der Waals surface area contributed by atoms with E-state index < -0.39 is 0 Å². The van der Waals surface area contributed by atoms with Gasteiger partial charge in [0.1, 0.15) is 0 Å². The van der Waals surface area contributed by atoms with Crippen LogP contribution in [0.1, 0.15) is 97.3 Å². The fraction of sp³-hybridized carbons (Fsp3) is 0.905. The Kier molecular flexibility index (Phi) is 21.8. The van der Waals surface area contributed by atoms with Gasteiger partial charge in [0, 0.05) is 17.6 Å². The van der Waals surface area contributed by atoms with Crippen LogP contribution in [0.4, 0.5) is 0 Å². The summed E-state index contributed by atoms with van der Waals surface area (Å²) >= 11 is 2.43. The standard InChI is InChI=1S/C21H41IO2/c1-3-23-21(24-4-2)19-17-15-13-11-9-7-5-6-8-10-12-14-16-18-20-22/h14,16,21H,3-13,15,17-20H2,1-2H3/b16-14-. The third kappa shape index (κ3) is 18.7. The van der Waals surface area contributed by atoms with Crippen molar-refractivity contribution in [2.45, 2.75) is 104 Å². The molecule has 0 aromatic rings. The van der Waals surface area contributed by atoms with Gasteiger partial charge in [-0.2, -0.15) is 0 Å². The van der Waals surface area contributed by atoms with Crippen LogP contribution in [0.3, 0.4) is 0 Å². The largest absolute Gasteiger partial charge is 0.353 e. The minimum atomic E-state index is 0.0245. The second-order valence-corrected chi connectivity index (χ2v) is 7.48. The van der Waals surface area contributed by atoms with Crippen molar-refractivity contribution < 1.29 is 9.47 Å². The molecule has 0 radical (unpaired) electrons. The highest BCUT2D eigenvalue weighted by atomic mass is 127. The first-order valence-corrected chi connectivity index (χ1v) is 11.8. The lowest BCUT2D eigenvalue weighted by Gasteiger charge is -2.16. The molecule has 2 nitrogen and oxygen atoms in total. The number of hydrogen-bond acceptors (Lipinski definition) is 2. The van der Waals surface area contributed by atoms with Crippen LogP contribution < -0.4 is 0 Å². The van der Waals surface area contributed by atoms with Crippen molar-refractivity contribution in [3.05, 3.63) is 12.2 Å². The van der Waals surface area contributed by atoms with Crippen LogP contribution in [0.5, 0.6) is 0 Å². The van der Waals surface area contributed by atoms with Crippen LogP contribution in [-0.4, -0.2) is 23.9 Å². The van der Waals surface area contributed by atoms with Crippen molar-refractivity contribution in [1.29, 1.82) is 0 Å². The van der Waals surface area contributed by atoms with E-state index >= 15 is 0 Å². The van der Waals surface area contributed by atoms with Gasteiger partial charge in [-0.15, -0.1) is 0 Å². The number of alkyl halides is 1. The Morgan fingerprint density at radius 1 is 0.667 bits per heavy atom. The molecule has 0 aromatic carbocycles. The van der Waals surface area contributed by atoms with Crippen molar-refractivity contribution in [3.8, 4) is 0 Å². The van der Waals surface area contributed by atoms with Crippen LogP contribution in [0.15, 0.2) is 12.2 Å². The summed E-state index contributed by atoms with van der Waals surface area (Å²) in [6.07, 6.45) is 22.1. The molecule has 0 unspecified atom stereocenters. The predicted molar refractivity (Wildman–Crippen MR) is 115 cm³/mol. The Morgan fingerprint density at radius 3 is 1.62 bits per heavy atom. The minimum Gasteiger partial charge on any atom is -0.353 e. The molecule has 0 saturated carbocycles. The zero-order valence-corrected chi connectivity index (χ0v) is 18.4. The van der Waals surface area contributed by atoms with Crippen LogP contribution in [0.2, 0.25) is 0 Å². The van der Waals surface area contributed by atoms with Crippen LogP contribution in [0.25, 0.3) is 0 Å². The molecule has 0 fully saturated rings. The van der Waals surface area contributed by atoms with Gasteiger partial charge in [-0.25, -0.2) is 0 Å². The van der Waals surface area contributed by atoms with E-state index in [-0.39, 0.29) is 6.29 Å². The molecular weight excluding hydrogens is 411 g/mol. The van der Waals surface area contributed by atoms with E-state index in [1.165, 1.54) is 81.5 Å². The summed E-state index contributed by atoms with van der Waals surface area (Å²) in [6.45, 7) is 5.57. The maximum atomic E-state index is 5.57. The topological polar surface area (TPSA) is 18.5 Å². The van der Waals surface area contributed by atoms with Gasteiger partial charge in [0.15, 0.2) is 6.29 Å². The van der Waals surface area contributed by atoms with Crippen LogP contribution >= 0.6 is 22.6 Å². The average molecular weight is 452 g/mol. The van der Waals surface area contributed by atoms with E-state index in [1.807, 2.05) is 13.8 Å². The monoisotopic (exact) mass is 452 g/mol. The van der Waals surface area contributed by atoms with Crippen molar-refractivity contribution >= 4 is 22.6 Å². The van der Waals surface area contributed by atoms with Gasteiger partial charge < -0.3 is 9.47 Å². The number of rotatable bonds is 19. The normalized spacial score (nSPS) is 11.8. The molecule has 0 spiro atoms. The quantitative estimate of drug-likeness (QED) is 0.0666. The molecule has 0 aliphatic rings. The van der Waals surface area contributed by atoms with Crippen molar-refractivity contribution in [3.63, 3.8) is 0 Å². The van der Waals surface area contributed by atoms with Gasteiger partial charge >= 0.3 is 0 Å². The lowest BCUT2D eigenvalue weighted by molar-refractivity contribution is -0.140. The highest BCUT2D eigenvalue weighted by molar-refractivity contribution is 14.1. The second-order valence-electron chi connectivity index (χ2n) is 6.40. The number of unbranched alkanes of at least 4 members (excludes halogenated alkanes) is 10. The second kappa shape index (κ2) is 21.4. The Balaban J connectivity index is 3.19. The molecule has 3 heteroatoms. The number of ether oxygens (including phenoxy) is 2. The number of allylic oxidation sites excluding steroid dienone is 2. The van der Waals surface area contributed by atoms with Gasteiger partial charge in [-0.3, -0.25) is 0 Å². The zero-order chi connectivity index (χ0) is 17.7. The van der Waals surface area contributed by atoms with Crippen molar-refractivity contribution in [2.75, 3.05) is 17.6 Å². The molecule has 0 aromatic heterocycles. The molecule has 0 bridgehead atoms. The molecule has 0 N–H and O–H groups in total. The van der Waals surface area contributed by atoms with Crippen molar-refractivity contribution in [2.24, 2.45) is 0 Å². The molecule has 24 heavy (non-hydrogen) atoms. The molecule has 0 saturated heterocycles. The lowest BCUT2D eigenvalue weighted by Crippen LogP contribution is -2.17. The molecule has 144 valence electrons. The Bertz CT molecular complexity index is 250. The predicted octanol–water partition coefficient (Wildman–Crippen LogP) is 7.45. The molecule has 0 amide bonds. The summed E-state index contributed by atoms with van der Waals surface area (Å²) in [6, 6.07) is 0. The number of hydrogen-bond donors (Lipinski definition) is 0. The van der Waals surface area contributed by atoms with Gasteiger partial charge in [0.25, 0.3) is 0 Å².